The summed E-state index contributed by atoms with van der Waals surface area (Å²) in [4.78, 5) is 12.6. The smallest absolute Gasteiger partial charge is 0.287 e. The van der Waals surface area contributed by atoms with Crippen LogP contribution in [0.15, 0.2) is 94.5 Å². The fraction of sp³-hybridized carbons (Fsp3) is 0.0909. The van der Waals surface area contributed by atoms with Gasteiger partial charge in [-0.15, -0.1) is 0 Å². The van der Waals surface area contributed by atoms with E-state index in [2.05, 4.69) is 10.4 Å². The zero-order chi connectivity index (χ0) is 21.0. The molecule has 0 aliphatic carbocycles. The van der Waals surface area contributed by atoms with Crippen molar-refractivity contribution in [1.29, 1.82) is 0 Å². The van der Waals surface area contributed by atoms with Crippen LogP contribution in [0.5, 0.6) is 0 Å². The molecule has 0 fully saturated rings. The molecular weight excluding hydrogens is 402 g/mol. The van der Waals surface area contributed by atoms with Crippen molar-refractivity contribution in [2.75, 3.05) is 0 Å². The lowest BCUT2D eigenvalue weighted by Gasteiger charge is -2.06. The lowest BCUT2D eigenvalue weighted by atomic mass is 10.2. The van der Waals surface area contributed by atoms with Crippen LogP contribution in [0.3, 0.4) is 0 Å². The predicted octanol–water partition coefficient (Wildman–Crippen LogP) is 3.37. The molecule has 0 bridgehead atoms. The Balaban J connectivity index is 1.36. The molecule has 0 aliphatic heterocycles. The number of nitrogens with zero attached hydrogens (tertiary/aromatic N) is 2. The van der Waals surface area contributed by atoms with Crippen LogP contribution in [0, 0.1) is 0 Å². The summed E-state index contributed by atoms with van der Waals surface area (Å²) < 4.78 is 32.1. The first-order chi connectivity index (χ1) is 14.5. The van der Waals surface area contributed by atoms with E-state index in [9.17, 15) is 13.2 Å². The van der Waals surface area contributed by atoms with Crippen LogP contribution in [-0.2, 0) is 22.1 Å². The molecule has 1 amide bonds. The molecular formula is C22H19N3O4S. The fourth-order valence-electron chi connectivity index (χ4n) is 2.93. The van der Waals surface area contributed by atoms with Gasteiger partial charge in [-0.1, -0.05) is 30.3 Å². The van der Waals surface area contributed by atoms with Crippen LogP contribution in [0.4, 0.5) is 0 Å². The van der Waals surface area contributed by atoms with Gasteiger partial charge in [0.25, 0.3) is 5.91 Å². The normalized spacial score (nSPS) is 11.3. The summed E-state index contributed by atoms with van der Waals surface area (Å²) in [6.07, 6.45) is 3.56. The molecule has 0 aliphatic rings. The van der Waals surface area contributed by atoms with Crippen molar-refractivity contribution in [1.82, 2.24) is 15.1 Å². The van der Waals surface area contributed by atoms with Crippen LogP contribution in [0.25, 0.3) is 5.69 Å². The Morgan fingerprint density at radius 3 is 2.43 bits per heavy atom. The Kier molecular flexibility index (Phi) is 5.49. The number of aromatic nitrogens is 2. The van der Waals surface area contributed by atoms with Crippen molar-refractivity contribution in [2.24, 2.45) is 0 Å². The van der Waals surface area contributed by atoms with Gasteiger partial charge in [0.2, 0.25) is 0 Å². The molecule has 0 spiro atoms. The van der Waals surface area contributed by atoms with Gasteiger partial charge in [0.15, 0.2) is 15.6 Å². The molecule has 0 atom stereocenters. The average Bonchev–Trinajstić information content (AvgIpc) is 3.45. The summed E-state index contributed by atoms with van der Waals surface area (Å²) in [7, 11) is -3.54. The Labute approximate surface area is 173 Å². The highest BCUT2D eigenvalue weighted by Gasteiger charge is 2.19. The van der Waals surface area contributed by atoms with E-state index < -0.39 is 15.7 Å². The molecule has 2 aromatic heterocycles. The third kappa shape index (κ3) is 4.49. The van der Waals surface area contributed by atoms with Crippen LogP contribution in [0.1, 0.15) is 21.9 Å². The minimum absolute atomic E-state index is 0.0708. The van der Waals surface area contributed by atoms with E-state index in [4.69, 9.17) is 4.42 Å². The molecule has 2 heterocycles. The summed E-state index contributed by atoms with van der Waals surface area (Å²) in [6, 6.07) is 20.6. The van der Waals surface area contributed by atoms with Crippen molar-refractivity contribution >= 4 is 15.7 Å². The summed E-state index contributed by atoms with van der Waals surface area (Å²) >= 11 is 0. The van der Waals surface area contributed by atoms with Crippen molar-refractivity contribution in [3.63, 3.8) is 0 Å². The zero-order valence-corrected chi connectivity index (χ0v) is 16.7. The maximum atomic E-state index is 12.4. The second-order valence-electron chi connectivity index (χ2n) is 6.64. The van der Waals surface area contributed by atoms with E-state index in [0.29, 0.717) is 6.54 Å². The van der Waals surface area contributed by atoms with Crippen LogP contribution >= 0.6 is 0 Å². The largest absolute Gasteiger partial charge is 0.455 e. The van der Waals surface area contributed by atoms with Crippen molar-refractivity contribution in [2.45, 2.75) is 17.2 Å². The minimum Gasteiger partial charge on any atom is -0.455 e. The molecule has 1 N–H and O–H groups in total. The number of amides is 1. The number of hydrogen-bond acceptors (Lipinski definition) is 5. The van der Waals surface area contributed by atoms with Crippen LogP contribution in [0.2, 0.25) is 0 Å². The first-order valence-electron chi connectivity index (χ1n) is 9.25. The minimum atomic E-state index is -3.54. The van der Waals surface area contributed by atoms with Crippen molar-refractivity contribution in [3.8, 4) is 5.69 Å². The van der Waals surface area contributed by atoms with E-state index in [1.807, 2.05) is 36.5 Å². The van der Waals surface area contributed by atoms with Crippen molar-refractivity contribution < 1.29 is 17.6 Å². The monoisotopic (exact) mass is 421 g/mol. The Morgan fingerprint density at radius 2 is 1.73 bits per heavy atom. The molecule has 30 heavy (non-hydrogen) atoms. The van der Waals surface area contributed by atoms with Gasteiger partial charge in [0.05, 0.1) is 10.6 Å². The Bertz CT molecular complexity index is 1230. The number of rotatable bonds is 7. The van der Waals surface area contributed by atoms with Gasteiger partial charge in [0, 0.05) is 18.9 Å². The average molecular weight is 421 g/mol. The van der Waals surface area contributed by atoms with Crippen LogP contribution in [-0.4, -0.2) is 24.1 Å². The number of carbonyl (C=O) groups excluding carboxylic acids is 1. The first-order valence-corrected chi connectivity index (χ1v) is 10.9. The van der Waals surface area contributed by atoms with Crippen molar-refractivity contribution in [3.05, 3.63) is 102 Å². The number of hydrogen-bond donors (Lipinski definition) is 1. The van der Waals surface area contributed by atoms with E-state index in [1.54, 1.807) is 29.1 Å². The van der Waals surface area contributed by atoms with Gasteiger partial charge >= 0.3 is 0 Å². The number of furan rings is 1. The number of nitrogens with one attached hydrogen (secondary N) is 1. The standard InChI is InChI=1S/C22H19N3O4S/c26-22(23-15-17-7-9-18(10-8-17)25-14-4-13-24-25)21-12-11-19(29-21)16-30(27,28)20-5-2-1-3-6-20/h1-14H,15-16H2,(H,23,26). The molecule has 4 aromatic rings. The highest BCUT2D eigenvalue weighted by Crippen LogP contribution is 2.18. The highest BCUT2D eigenvalue weighted by molar-refractivity contribution is 7.90. The fourth-order valence-corrected chi connectivity index (χ4v) is 4.20. The van der Waals surface area contributed by atoms with Gasteiger partial charge in [-0.3, -0.25) is 4.79 Å². The molecule has 0 saturated heterocycles. The zero-order valence-electron chi connectivity index (χ0n) is 15.9. The molecule has 0 saturated carbocycles. The molecule has 0 radical (unpaired) electrons. The van der Waals surface area contributed by atoms with Gasteiger partial charge < -0.3 is 9.73 Å². The topological polar surface area (TPSA) is 94.2 Å². The third-order valence-corrected chi connectivity index (χ3v) is 6.13. The summed E-state index contributed by atoms with van der Waals surface area (Å²) in [6.45, 7) is 0.316. The molecule has 7 nitrogen and oxygen atoms in total. The molecule has 4 rings (SSSR count). The molecule has 8 heteroatoms. The van der Waals surface area contributed by atoms with E-state index >= 15 is 0 Å². The predicted molar refractivity (Wildman–Crippen MR) is 111 cm³/mol. The van der Waals surface area contributed by atoms with E-state index in [-0.39, 0.29) is 22.2 Å². The van der Waals surface area contributed by atoms with Gasteiger partial charge in [-0.25, -0.2) is 13.1 Å². The maximum absolute atomic E-state index is 12.4. The SMILES string of the molecule is O=C(NCc1ccc(-n2cccn2)cc1)c1ccc(CS(=O)(=O)c2ccccc2)o1. The van der Waals surface area contributed by atoms with Gasteiger partial charge in [0.1, 0.15) is 11.5 Å². The number of sulfone groups is 1. The van der Waals surface area contributed by atoms with E-state index in [1.165, 1.54) is 24.3 Å². The van der Waals surface area contributed by atoms with Gasteiger partial charge in [-0.05, 0) is 48.0 Å². The van der Waals surface area contributed by atoms with Crippen LogP contribution < -0.4 is 5.32 Å². The Hall–Kier alpha value is -3.65. The number of benzene rings is 2. The lowest BCUT2D eigenvalue weighted by molar-refractivity contribution is 0.0921. The molecule has 0 unspecified atom stereocenters. The highest BCUT2D eigenvalue weighted by atomic mass is 32.2. The second kappa shape index (κ2) is 8.38. The van der Waals surface area contributed by atoms with Gasteiger partial charge in [-0.2, -0.15) is 5.10 Å². The number of carbonyl (C=O) groups is 1. The molecule has 152 valence electrons. The third-order valence-electron chi connectivity index (χ3n) is 4.48. The summed E-state index contributed by atoms with van der Waals surface area (Å²) in [5.74, 6) is -0.428. The molecule has 2 aromatic carbocycles. The second-order valence-corrected chi connectivity index (χ2v) is 8.63. The first kappa shape index (κ1) is 19.7. The quantitative estimate of drug-likeness (QED) is 0.494. The summed E-state index contributed by atoms with van der Waals surface area (Å²) in [5.41, 5.74) is 1.84. The maximum Gasteiger partial charge on any atom is 0.287 e. The lowest BCUT2D eigenvalue weighted by Crippen LogP contribution is -2.22. The van der Waals surface area contributed by atoms with E-state index in [0.717, 1.165) is 11.3 Å². The summed E-state index contributed by atoms with van der Waals surface area (Å²) in [5, 5.41) is 6.94. The Morgan fingerprint density at radius 1 is 0.967 bits per heavy atom.